The van der Waals surface area contributed by atoms with E-state index in [9.17, 15) is 4.79 Å². The van der Waals surface area contributed by atoms with Gasteiger partial charge in [0.1, 0.15) is 0 Å². The Hall–Kier alpha value is -0.570. The Kier molecular flexibility index (Phi) is 7.44. The van der Waals surface area contributed by atoms with E-state index in [1.54, 1.807) is 0 Å². The Balaban J connectivity index is 2.46. The molecule has 1 aliphatic carbocycles. The number of nitrogens with two attached hydrogens (primary N) is 1. The number of carbonyl (C=O) groups is 1. The summed E-state index contributed by atoms with van der Waals surface area (Å²) in [5.41, 5.74) is 5.13. The fourth-order valence-electron chi connectivity index (χ4n) is 3.05. The van der Waals surface area contributed by atoms with Crippen molar-refractivity contribution in [3.05, 3.63) is 0 Å². The minimum Gasteiger partial charge on any atom is -0.368 e. The van der Waals surface area contributed by atoms with Crippen LogP contribution in [0.2, 0.25) is 0 Å². The van der Waals surface area contributed by atoms with Gasteiger partial charge < -0.3 is 11.1 Å². The molecule has 0 saturated heterocycles. The maximum absolute atomic E-state index is 11.8. The number of unbranched alkanes of at least 4 members (excludes halogenated alkanes) is 3. The van der Waals surface area contributed by atoms with Gasteiger partial charge in [-0.2, -0.15) is 0 Å². The summed E-state index contributed by atoms with van der Waals surface area (Å²) in [6.07, 6.45) is 13.3. The van der Waals surface area contributed by atoms with Crippen LogP contribution in [0.4, 0.5) is 0 Å². The number of hydrogen-bond acceptors (Lipinski definition) is 2. The lowest BCUT2D eigenvalue weighted by Gasteiger charge is -2.32. The van der Waals surface area contributed by atoms with Crippen LogP contribution in [0.15, 0.2) is 0 Å². The van der Waals surface area contributed by atoms with Crippen molar-refractivity contribution in [3.8, 4) is 0 Å². The number of hydrogen-bond donors (Lipinski definition) is 2. The zero-order chi connectivity index (χ0) is 14.1. The normalized spacial score (nSPS) is 20.7. The van der Waals surface area contributed by atoms with E-state index in [0.717, 1.165) is 12.8 Å². The van der Waals surface area contributed by atoms with Crippen LogP contribution in [0.3, 0.4) is 0 Å². The highest BCUT2D eigenvalue weighted by Gasteiger charge is 2.32. The van der Waals surface area contributed by atoms with Gasteiger partial charge in [-0.15, -0.1) is 0 Å². The smallest absolute Gasteiger partial charge is 0.237 e. The van der Waals surface area contributed by atoms with Crippen molar-refractivity contribution in [2.75, 3.05) is 0 Å². The van der Waals surface area contributed by atoms with Crippen LogP contribution in [0, 0.1) is 0 Å². The quantitative estimate of drug-likeness (QED) is 0.523. The average molecular weight is 268 g/mol. The molecule has 1 aliphatic rings. The molecule has 3 nitrogen and oxygen atoms in total. The molecule has 19 heavy (non-hydrogen) atoms. The number of amides is 1. The maximum atomic E-state index is 11.8. The zero-order valence-corrected chi connectivity index (χ0v) is 12.8. The third-order valence-electron chi connectivity index (χ3n) is 4.45. The first kappa shape index (κ1) is 16.5. The summed E-state index contributed by atoms with van der Waals surface area (Å²) in [5.74, 6) is -0.187. The summed E-state index contributed by atoms with van der Waals surface area (Å²) >= 11 is 0. The molecule has 0 bridgehead atoms. The van der Waals surface area contributed by atoms with Gasteiger partial charge in [-0.25, -0.2) is 0 Å². The van der Waals surface area contributed by atoms with E-state index in [4.69, 9.17) is 5.73 Å². The Morgan fingerprint density at radius 2 is 1.79 bits per heavy atom. The number of rotatable bonds is 8. The lowest BCUT2D eigenvalue weighted by atomic mass is 9.91. The molecule has 0 aromatic carbocycles. The summed E-state index contributed by atoms with van der Waals surface area (Å²) in [6, 6.07) is 0.478. The van der Waals surface area contributed by atoms with Crippen molar-refractivity contribution < 1.29 is 4.79 Å². The molecule has 1 saturated carbocycles. The van der Waals surface area contributed by atoms with Gasteiger partial charge >= 0.3 is 0 Å². The largest absolute Gasteiger partial charge is 0.368 e. The maximum Gasteiger partial charge on any atom is 0.237 e. The van der Waals surface area contributed by atoms with Crippen molar-refractivity contribution in [2.24, 2.45) is 5.73 Å². The van der Waals surface area contributed by atoms with Gasteiger partial charge in [-0.1, -0.05) is 58.3 Å². The van der Waals surface area contributed by atoms with E-state index in [0.29, 0.717) is 6.04 Å². The molecule has 0 aromatic heterocycles. The minimum atomic E-state index is -0.511. The second-order valence-corrected chi connectivity index (χ2v) is 6.34. The molecule has 112 valence electrons. The molecule has 0 aromatic rings. The summed E-state index contributed by atoms with van der Waals surface area (Å²) in [5, 5.41) is 3.57. The van der Waals surface area contributed by atoms with Crippen LogP contribution in [0.5, 0.6) is 0 Å². The Bertz CT molecular complexity index is 259. The van der Waals surface area contributed by atoms with E-state index in [1.807, 2.05) is 6.92 Å². The molecule has 1 rings (SSSR count). The molecule has 3 heteroatoms. The number of carbonyl (C=O) groups excluding carboxylic acids is 1. The van der Waals surface area contributed by atoms with Crippen LogP contribution < -0.4 is 11.1 Å². The van der Waals surface area contributed by atoms with Crippen molar-refractivity contribution in [2.45, 2.75) is 96.1 Å². The van der Waals surface area contributed by atoms with Crippen LogP contribution >= 0.6 is 0 Å². The first-order valence-electron chi connectivity index (χ1n) is 8.16. The number of nitrogens with one attached hydrogen (secondary N) is 1. The Labute approximate surface area is 118 Å². The van der Waals surface area contributed by atoms with Gasteiger partial charge in [-0.3, -0.25) is 4.79 Å². The van der Waals surface area contributed by atoms with Gasteiger partial charge in [-0.05, 0) is 26.2 Å². The van der Waals surface area contributed by atoms with Gasteiger partial charge in [0.25, 0.3) is 0 Å². The Morgan fingerprint density at radius 1 is 1.16 bits per heavy atom. The van der Waals surface area contributed by atoms with Crippen LogP contribution in [-0.2, 0) is 4.79 Å². The molecule has 1 fully saturated rings. The predicted molar refractivity (Wildman–Crippen MR) is 81.0 cm³/mol. The fraction of sp³-hybridized carbons (Fsp3) is 0.938. The Morgan fingerprint density at radius 3 is 2.32 bits per heavy atom. The first-order chi connectivity index (χ1) is 9.08. The topological polar surface area (TPSA) is 55.1 Å². The van der Waals surface area contributed by atoms with E-state index in [1.165, 1.54) is 57.8 Å². The molecule has 0 heterocycles. The van der Waals surface area contributed by atoms with Crippen molar-refractivity contribution >= 4 is 5.91 Å². The van der Waals surface area contributed by atoms with Crippen LogP contribution in [0.25, 0.3) is 0 Å². The van der Waals surface area contributed by atoms with Gasteiger partial charge in [0, 0.05) is 6.04 Å². The van der Waals surface area contributed by atoms with Gasteiger partial charge in [0.15, 0.2) is 0 Å². The summed E-state index contributed by atoms with van der Waals surface area (Å²) in [7, 11) is 0. The third-order valence-corrected chi connectivity index (χ3v) is 4.45. The van der Waals surface area contributed by atoms with Crippen LogP contribution in [0.1, 0.15) is 84.5 Å². The molecule has 0 aliphatic heterocycles. The summed E-state index contributed by atoms with van der Waals surface area (Å²) in [4.78, 5) is 11.8. The van der Waals surface area contributed by atoms with E-state index < -0.39 is 5.54 Å². The van der Waals surface area contributed by atoms with Gasteiger partial charge in [0.2, 0.25) is 5.91 Å². The predicted octanol–water partition coefficient (Wildman–Crippen LogP) is 3.51. The molecule has 1 atom stereocenters. The first-order valence-corrected chi connectivity index (χ1v) is 8.16. The molecule has 3 N–H and O–H groups in total. The fourth-order valence-corrected chi connectivity index (χ4v) is 3.05. The van der Waals surface area contributed by atoms with Crippen molar-refractivity contribution in [3.63, 3.8) is 0 Å². The van der Waals surface area contributed by atoms with E-state index >= 15 is 0 Å². The standard InChI is InChI=1S/C16H32N2O/c1-3-4-5-10-13-16(2,15(17)19)18-14-11-8-6-7-9-12-14/h14,18H,3-13H2,1-2H3,(H2,17,19). The zero-order valence-electron chi connectivity index (χ0n) is 12.8. The second kappa shape index (κ2) is 8.57. The summed E-state index contributed by atoms with van der Waals surface area (Å²) in [6.45, 7) is 4.20. The minimum absolute atomic E-state index is 0.187. The third kappa shape index (κ3) is 5.94. The monoisotopic (exact) mass is 268 g/mol. The molecule has 0 spiro atoms. The van der Waals surface area contributed by atoms with E-state index in [2.05, 4.69) is 12.2 Å². The number of primary amides is 1. The lowest BCUT2D eigenvalue weighted by molar-refractivity contribution is -0.124. The highest BCUT2D eigenvalue weighted by Crippen LogP contribution is 2.22. The molecular weight excluding hydrogens is 236 g/mol. The highest BCUT2D eigenvalue weighted by molar-refractivity contribution is 5.84. The van der Waals surface area contributed by atoms with Crippen LogP contribution in [-0.4, -0.2) is 17.5 Å². The van der Waals surface area contributed by atoms with E-state index in [-0.39, 0.29) is 5.91 Å². The lowest BCUT2D eigenvalue weighted by Crippen LogP contribution is -2.56. The van der Waals surface area contributed by atoms with Gasteiger partial charge in [0.05, 0.1) is 5.54 Å². The van der Waals surface area contributed by atoms with Crippen molar-refractivity contribution in [1.29, 1.82) is 0 Å². The molecular formula is C16H32N2O. The molecule has 1 unspecified atom stereocenters. The molecule has 0 radical (unpaired) electrons. The highest BCUT2D eigenvalue weighted by atomic mass is 16.1. The SMILES string of the molecule is CCCCCCC(C)(NC1CCCCCC1)C(N)=O. The average Bonchev–Trinajstić information content (AvgIpc) is 2.63. The molecule has 1 amide bonds. The summed E-state index contributed by atoms with van der Waals surface area (Å²) < 4.78 is 0. The second-order valence-electron chi connectivity index (χ2n) is 6.34. The van der Waals surface area contributed by atoms with Crippen molar-refractivity contribution in [1.82, 2.24) is 5.32 Å².